The van der Waals surface area contributed by atoms with Gasteiger partial charge >= 0.3 is 0 Å². The minimum Gasteiger partial charge on any atom is -0.336 e. The molecule has 0 aliphatic carbocycles. The Morgan fingerprint density at radius 2 is 2.15 bits per heavy atom. The van der Waals surface area contributed by atoms with Gasteiger partial charge in [-0.3, -0.25) is 4.79 Å². The number of para-hydroxylation sites is 1. The third-order valence-corrected chi connectivity index (χ3v) is 3.58. The van der Waals surface area contributed by atoms with Gasteiger partial charge in [0.1, 0.15) is 0 Å². The third-order valence-electron chi connectivity index (χ3n) is 3.58. The molecule has 1 aliphatic heterocycles. The number of likely N-dealkylation sites (N-methyl/N-ethyl adjacent to an activating group) is 1. The number of carbonyl (C=O) groups excluding carboxylic acids is 1. The molecule has 6 heteroatoms. The number of carbonyl (C=O) groups is 1. The number of aromatic nitrogens is 3. The minimum atomic E-state index is -0.0510. The van der Waals surface area contributed by atoms with Crippen molar-refractivity contribution in [2.45, 2.75) is 12.5 Å². The summed E-state index contributed by atoms with van der Waals surface area (Å²) in [5, 5.41) is 11.6. The molecule has 1 aromatic heterocycles. The van der Waals surface area contributed by atoms with Crippen LogP contribution >= 0.6 is 0 Å². The number of nitrogens with zero attached hydrogens (tertiary/aromatic N) is 4. The van der Waals surface area contributed by atoms with Gasteiger partial charge in [-0.15, -0.1) is 5.10 Å². The topological polar surface area (TPSA) is 63.1 Å². The lowest BCUT2D eigenvalue weighted by Crippen LogP contribution is -2.33. The first-order valence-corrected chi connectivity index (χ1v) is 6.72. The summed E-state index contributed by atoms with van der Waals surface area (Å²) < 4.78 is 0. The summed E-state index contributed by atoms with van der Waals surface area (Å²) in [4.78, 5) is 15.6. The Hall–Kier alpha value is -2.21. The Morgan fingerprint density at radius 3 is 2.85 bits per heavy atom. The maximum Gasteiger partial charge on any atom is 0.276 e. The number of amides is 1. The zero-order valence-electron chi connectivity index (χ0n) is 11.4. The molecule has 1 N–H and O–H groups in total. The number of likely N-dealkylation sites (tertiary alicyclic amines) is 1. The zero-order chi connectivity index (χ0) is 13.9. The van der Waals surface area contributed by atoms with Crippen molar-refractivity contribution in [1.29, 1.82) is 0 Å². The molecule has 2 heterocycles. The average molecular weight is 271 g/mol. The second-order valence-corrected chi connectivity index (χ2v) is 4.88. The lowest BCUT2D eigenvalue weighted by Gasteiger charge is -2.14. The number of benzene rings is 1. The molecule has 1 saturated heterocycles. The number of nitrogens with one attached hydrogen (secondary N) is 1. The van der Waals surface area contributed by atoms with E-state index in [1.165, 1.54) is 11.0 Å². The van der Waals surface area contributed by atoms with Crippen LogP contribution in [-0.4, -0.2) is 52.0 Å². The molecule has 1 amide bonds. The molecule has 0 bridgehead atoms. The van der Waals surface area contributed by atoms with Crippen LogP contribution in [0.3, 0.4) is 0 Å². The largest absolute Gasteiger partial charge is 0.336 e. The Morgan fingerprint density at radius 1 is 1.35 bits per heavy atom. The van der Waals surface area contributed by atoms with Crippen LogP contribution in [-0.2, 0) is 0 Å². The lowest BCUT2D eigenvalue weighted by molar-refractivity contribution is 0.0783. The molecule has 1 unspecified atom stereocenters. The van der Waals surface area contributed by atoms with Crippen LogP contribution in [0.15, 0.2) is 36.5 Å². The van der Waals surface area contributed by atoms with Gasteiger partial charge in [-0.05, 0) is 25.6 Å². The number of rotatable bonds is 3. The molecule has 0 spiro atoms. The summed E-state index contributed by atoms with van der Waals surface area (Å²) in [6, 6.07) is 9.95. The van der Waals surface area contributed by atoms with E-state index < -0.39 is 0 Å². The van der Waals surface area contributed by atoms with E-state index >= 15 is 0 Å². The molecule has 20 heavy (non-hydrogen) atoms. The van der Waals surface area contributed by atoms with Gasteiger partial charge in [-0.1, -0.05) is 18.2 Å². The predicted molar refractivity (Wildman–Crippen MR) is 74.7 cm³/mol. The SMILES string of the molecule is CNC1CCN(C(=O)c2cnn(-c3ccccc3)n2)C1. The van der Waals surface area contributed by atoms with Crippen LogP contribution in [0.1, 0.15) is 16.9 Å². The Balaban J connectivity index is 1.76. The van der Waals surface area contributed by atoms with E-state index in [0.717, 1.165) is 25.2 Å². The highest BCUT2D eigenvalue weighted by atomic mass is 16.2. The first kappa shape index (κ1) is 12.8. The Bertz CT molecular complexity index is 595. The third kappa shape index (κ3) is 2.42. The molecule has 0 radical (unpaired) electrons. The van der Waals surface area contributed by atoms with Crippen molar-refractivity contribution in [2.24, 2.45) is 0 Å². The minimum absolute atomic E-state index is 0.0510. The predicted octanol–water partition coefficient (Wildman–Crippen LogP) is 0.701. The van der Waals surface area contributed by atoms with E-state index in [1.54, 1.807) is 0 Å². The summed E-state index contributed by atoms with van der Waals surface area (Å²) in [7, 11) is 1.92. The van der Waals surface area contributed by atoms with Gasteiger partial charge in [0.15, 0.2) is 5.69 Å². The van der Waals surface area contributed by atoms with E-state index in [1.807, 2.05) is 42.3 Å². The van der Waals surface area contributed by atoms with Gasteiger partial charge in [0.25, 0.3) is 5.91 Å². The highest BCUT2D eigenvalue weighted by molar-refractivity contribution is 5.92. The first-order chi connectivity index (χ1) is 9.78. The van der Waals surface area contributed by atoms with Gasteiger partial charge in [0.2, 0.25) is 0 Å². The summed E-state index contributed by atoms with van der Waals surface area (Å²) >= 11 is 0. The quantitative estimate of drug-likeness (QED) is 0.892. The number of hydrogen-bond acceptors (Lipinski definition) is 4. The van der Waals surface area contributed by atoms with Crippen LogP contribution in [0, 0.1) is 0 Å². The van der Waals surface area contributed by atoms with Gasteiger partial charge in [0.05, 0.1) is 11.9 Å². The van der Waals surface area contributed by atoms with E-state index in [-0.39, 0.29) is 5.91 Å². The average Bonchev–Trinajstić information content (AvgIpc) is 3.17. The smallest absolute Gasteiger partial charge is 0.276 e. The highest BCUT2D eigenvalue weighted by Crippen LogP contribution is 2.12. The van der Waals surface area contributed by atoms with Crippen molar-refractivity contribution in [1.82, 2.24) is 25.2 Å². The van der Waals surface area contributed by atoms with Crippen LogP contribution in [0.2, 0.25) is 0 Å². The molecular weight excluding hydrogens is 254 g/mol. The van der Waals surface area contributed by atoms with Gasteiger partial charge in [0, 0.05) is 19.1 Å². The van der Waals surface area contributed by atoms with Crippen LogP contribution in [0.4, 0.5) is 0 Å². The van der Waals surface area contributed by atoms with Crippen molar-refractivity contribution in [2.75, 3.05) is 20.1 Å². The van der Waals surface area contributed by atoms with Crippen molar-refractivity contribution in [3.63, 3.8) is 0 Å². The molecular formula is C14H17N5O. The summed E-state index contributed by atoms with van der Waals surface area (Å²) in [5.41, 5.74) is 1.24. The van der Waals surface area contributed by atoms with E-state index in [4.69, 9.17) is 0 Å². The van der Waals surface area contributed by atoms with Crippen molar-refractivity contribution in [3.8, 4) is 5.69 Å². The first-order valence-electron chi connectivity index (χ1n) is 6.72. The molecule has 104 valence electrons. The summed E-state index contributed by atoms with van der Waals surface area (Å²) in [6.45, 7) is 1.50. The fraction of sp³-hybridized carbons (Fsp3) is 0.357. The lowest BCUT2D eigenvalue weighted by atomic mass is 10.3. The fourth-order valence-corrected chi connectivity index (χ4v) is 2.39. The van der Waals surface area contributed by atoms with Crippen LogP contribution in [0.25, 0.3) is 5.69 Å². The standard InChI is InChI=1S/C14H17N5O/c1-15-11-7-8-18(10-11)14(20)13-9-16-19(17-13)12-5-3-2-4-6-12/h2-6,9,11,15H,7-8,10H2,1H3. The molecule has 0 saturated carbocycles. The molecule has 1 aliphatic rings. The van der Waals surface area contributed by atoms with Crippen molar-refractivity contribution < 1.29 is 4.79 Å². The Kier molecular flexibility index (Phi) is 3.47. The van der Waals surface area contributed by atoms with Crippen molar-refractivity contribution >= 4 is 5.91 Å². The second kappa shape index (κ2) is 5.42. The van der Waals surface area contributed by atoms with Crippen molar-refractivity contribution in [3.05, 3.63) is 42.2 Å². The maximum absolute atomic E-state index is 12.3. The maximum atomic E-state index is 12.3. The zero-order valence-corrected chi connectivity index (χ0v) is 11.4. The normalized spacial score (nSPS) is 18.4. The molecule has 1 aromatic carbocycles. The molecule has 1 fully saturated rings. The summed E-state index contributed by atoms with van der Waals surface area (Å²) in [5.74, 6) is -0.0510. The molecule has 6 nitrogen and oxygen atoms in total. The highest BCUT2D eigenvalue weighted by Gasteiger charge is 2.27. The van der Waals surface area contributed by atoms with Gasteiger partial charge in [-0.2, -0.15) is 9.90 Å². The Labute approximate surface area is 117 Å². The van der Waals surface area contributed by atoms with Crippen LogP contribution in [0.5, 0.6) is 0 Å². The van der Waals surface area contributed by atoms with Crippen LogP contribution < -0.4 is 5.32 Å². The molecule has 2 aromatic rings. The second-order valence-electron chi connectivity index (χ2n) is 4.88. The van der Waals surface area contributed by atoms with Gasteiger partial charge < -0.3 is 10.2 Å². The number of hydrogen-bond donors (Lipinski definition) is 1. The van der Waals surface area contributed by atoms with Gasteiger partial charge in [-0.25, -0.2) is 0 Å². The fourth-order valence-electron chi connectivity index (χ4n) is 2.39. The van der Waals surface area contributed by atoms with E-state index in [9.17, 15) is 4.79 Å². The van der Waals surface area contributed by atoms with E-state index in [2.05, 4.69) is 15.5 Å². The van der Waals surface area contributed by atoms with E-state index in [0.29, 0.717) is 11.7 Å². The molecule has 3 rings (SSSR count). The molecule has 1 atom stereocenters. The monoisotopic (exact) mass is 271 g/mol. The summed E-state index contributed by atoms with van der Waals surface area (Å²) in [6.07, 6.45) is 2.51.